The number of carbonyl (C=O) groups excluding carboxylic acids is 2. The minimum Gasteiger partial charge on any atom is -0.503 e. The SMILES string of the molecule is COc1cccc([C@H]2C(C(=O)c3cccs3)=C(O)C(=O)N2c2nc3c(C)cc(C)cc3s2)c1OC. The Morgan fingerprint density at radius 2 is 1.91 bits per heavy atom. The fraction of sp³-hybridized carbons (Fsp3) is 0.192. The highest BCUT2D eigenvalue weighted by molar-refractivity contribution is 7.22. The van der Waals surface area contributed by atoms with E-state index in [9.17, 15) is 14.7 Å². The standard InChI is InChI=1S/C26H22N2O5S2/c1-13-11-14(2)20-18(12-13)35-26(27-20)28-21(15-7-5-8-16(32-3)24(15)33-4)19(23(30)25(28)31)22(29)17-9-6-10-34-17/h5-12,21,30H,1-4H3/t21-/m0/s1. The summed E-state index contributed by atoms with van der Waals surface area (Å²) in [5.74, 6) is -0.880. The van der Waals surface area contributed by atoms with Crippen LogP contribution in [-0.2, 0) is 4.79 Å². The van der Waals surface area contributed by atoms with Crippen molar-refractivity contribution >= 4 is 49.7 Å². The van der Waals surface area contributed by atoms with Crippen molar-refractivity contribution in [1.82, 2.24) is 4.98 Å². The van der Waals surface area contributed by atoms with Crippen LogP contribution in [0.4, 0.5) is 5.13 Å². The molecule has 1 atom stereocenters. The van der Waals surface area contributed by atoms with Crippen molar-refractivity contribution < 1.29 is 24.2 Å². The van der Waals surface area contributed by atoms with Crippen molar-refractivity contribution in [2.45, 2.75) is 19.9 Å². The number of rotatable bonds is 6. The number of nitrogens with zero attached hydrogens (tertiary/aromatic N) is 2. The number of carbonyl (C=O) groups is 2. The Morgan fingerprint density at radius 3 is 2.60 bits per heavy atom. The fourth-order valence-corrected chi connectivity index (χ4v) is 6.30. The van der Waals surface area contributed by atoms with E-state index in [1.165, 1.54) is 41.8 Å². The summed E-state index contributed by atoms with van der Waals surface area (Å²) in [5.41, 5.74) is 3.33. The van der Waals surface area contributed by atoms with E-state index in [0.717, 1.165) is 21.3 Å². The highest BCUT2D eigenvalue weighted by Gasteiger charge is 2.47. The summed E-state index contributed by atoms with van der Waals surface area (Å²) >= 11 is 2.58. The Hall–Kier alpha value is -3.69. The third-order valence-electron chi connectivity index (χ3n) is 5.95. The van der Waals surface area contributed by atoms with Crippen molar-refractivity contribution in [3.05, 3.63) is 80.7 Å². The lowest BCUT2D eigenvalue weighted by atomic mass is 9.94. The number of aryl methyl sites for hydroxylation is 2. The molecule has 3 heterocycles. The molecule has 1 N–H and O–H groups in total. The summed E-state index contributed by atoms with van der Waals surface area (Å²) in [6.45, 7) is 3.97. The maximum atomic E-state index is 13.6. The third-order valence-corrected chi connectivity index (χ3v) is 7.82. The van der Waals surface area contributed by atoms with Gasteiger partial charge in [-0.25, -0.2) is 4.98 Å². The molecule has 2 aromatic carbocycles. The van der Waals surface area contributed by atoms with Crippen LogP contribution in [0.2, 0.25) is 0 Å². The highest BCUT2D eigenvalue weighted by Crippen LogP contribution is 2.48. The molecule has 1 aliphatic heterocycles. The molecule has 0 fully saturated rings. The van der Waals surface area contributed by atoms with Gasteiger partial charge in [0.2, 0.25) is 5.78 Å². The van der Waals surface area contributed by atoms with Gasteiger partial charge in [0, 0.05) is 5.56 Å². The minimum atomic E-state index is -0.955. The number of para-hydroxylation sites is 1. The second-order valence-electron chi connectivity index (χ2n) is 8.15. The summed E-state index contributed by atoms with van der Waals surface area (Å²) in [7, 11) is 3.01. The Kier molecular flexibility index (Phi) is 5.82. The van der Waals surface area contributed by atoms with Crippen LogP contribution in [0.1, 0.15) is 32.4 Å². The zero-order valence-electron chi connectivity index (χ0n) is 19.5. The predicted molar refractivity (Wildman–Crippen MR) is 137 cm³/mol. The van der Waals surface area contributed by atoms with Crippen molar-refractivity contribution in [3.8, 4) is 11.5 Å². The van der Waals surface area contributed by atoms with Crippen LogP contribution in [0, 0.1) is 13.8 Å². The zero-order chi connectivity index (χ0) is 24.9. The van der Waals surface area contributed by atoms with Crippen LogP contribution in [0.5, 0.6) is 11.5 Å². The molecular formula is C26H22N2O5S2. The molecule has 0 saturated heterocycles. The van der Waals surface area contributed by atoms with Crippen molar-refractivity contribution in [2.75, 3.05) is 19.1 Å². The number of benzene rings is 2. The molecule has 0 saturated carbocycles. The molecule has 0 unspecified atom stereocenters. The molecule has 5 rings (SSSR count). The predicted octanol–water partition coefficient (Wildman–Crippen LogP) is 5.77. The summed E-state index contributed by atoms with van der Waals surface area (Å²) < 4.78 is 12.0. The molecule has 1 amide bonds. The lowest BCUT2D eigenvalue weighted by Gasteiger charge is -2.26. The average molecular weight is 507 g/mol. The first kappa shape index (κ1) is 23.1. The van der Waals surface area contributed by atoms with Crippen molar-refractivity contribution in [1.29, 1.82) is 0 Å². The number of aliphatic hydroxyl groups excluding tert-OH is 1. The molecule has 0 aliphatic carbocycles. The number of thiophene rings is 1. The molecule has 178 valence electrons. The second kappa shape index (κ2) is 8.83. The van der Waals surface area contributed by atoms with E-state index in [4.69, 9.17) is 14.5 Å². The summed E-state index contributed by atoms with van der Waals surface area (Å²) in [5, 5.41) is 13.2. The van der Waals surface area contributed by atoms with Crippen molar-refractivity contribution in [2.24, 2.45) is 0 Å². The van der Waals surface area contributed by atoms with Gasteiger partial charge in [0.25, 0.3) is 5.91 Å². The lowest BCUT2D eigenvalue weighted by Crippen LogP contribution is -2.31. The number of aliphatic hydroxyl groups is 1. The number of thiazole rings is 1. The first-order chi connectivity index (χ1) is 16.8. The first-order valence-corrected chi connectivity index (χ1v) is 12.5. The molecule has 1 aliphatic rings. The maximum Gasteiger partial charge on any atom is 0.296 e. The summed E-state index contributed by atoms with van der Waals surface area (Å²) in [4.78, 5) is 33.7. The number of Topliss-reactive ketones (excluding diaryl/α,β-unsaturated/α-hetero) is 1. The monoisotopic (exact) mass is 506 g/mol. The Balaban J connectivity index is 1.75. The zero-order valence-corrected chi connectivity index (χ0v) is 21.1. The molecule has 0 spiro atoms. The number of methoxy groups -OCH3 is 2. The van der Waals surface area contributed by atoms with Crippen molar-refractivity contribution in [3.63, 3.8) is 0 Å². The molecule has 35 heavy (non-hydrogen) atoms. The van der Waals surface area contributed by atoms with Gasteiger partial charge in [0.05, 0.1) is 34.9 Å². The van der Waals surface area contributed by atoms with Gasteiger partial charge < -0.3 is 14.6 Å². The van der Waals surface area contributed by atoms with Gasteiger partial charge in [0.1, 0.15) is 6.04 Å². The van der Waals surface area contributed by atoms with Gasteiger partial charge in [-0.15, -0.1) is 11.3 Å². The topological polar surface area (TPSA) is 89.0 Å². The average Bonchev–Trinajstić information content (AvgIpc) is 3.57. The van der Waals surface area contributed by atoms with Gasteiger partial charge in [-0.05, 0) is 48.6 Å². The van der Waals surface area contributed by atoms with Crippen LogP contribution in [0.3, 0.4) is 0 Å². The van der Waals surface area contributed by atoms with E-state index >= 15 is 0 Å². The highest BCUT2D eigenvalue weighted by atomic mass is 32.1. The van der Waals surface area contributed by atoms with E-state index in [1.54, 1.807) is 35.7 Å². The van der Waals surface area contributed by atoms with Gasteiger partial charge in [-0.1, -0.05) is 35.6 Å². The fourth-order valence-electron chi connectivity index (χ4n) is 4.46. The van der Waals surface area contributed by atoms with E-state index in [2.05, 4.69) is 0 Å². The number of amides is 1. The second-order valence-corrected chi connectivity index (χ2v) is 10.1. The Morgan fingerprint density at radius 1 is 1.11 bits per heavy atom. The summed E-state index contributed by atoms with van der Waals surface area (Å²) in [6.07, 6.45) is 0. The smallest absolute Gasteiger partial charge is 0.296 e. The molecule has 9 heteroatoms. The number of ketones is 1. The molecule has 0 bridgehead atoms. The van der Waals surface area contributed by atoms with Crippen LogP contribution in [-0.4, -0.2) is 36.0 Å². The Labute approximate surface area is 209 Å². The van der Waals surface area contributed by atoms with Gasteiger partial charge in [0.15, 0.2) is 22.4 Å². The number of ether oxygens (including phenoxy) is 2. The minimum absolute atomic E-state index is 0.0174. The van der Waals surface area contributed by atoms with Gasteiger partial charge in [-0.2, -0.15) is 0 Å². The first-order valence-electron chi connectivity index (χ1n) is 10.8. The van der Waals surface area contributed by atoms with E-state index in [1.807, 2.05) is 26.0 Å². The van der Waals surface area contributed by atoms with Crippen LogP contribution in [0.25, 0.3) is 10.2 Å². The third kappa shape index (κ3) is 3.67. The Bertz CT molecular complexity index is 1500. The van der Waals surface area contributed by atoms with Crippen LogP contribution in [0.15, 0.2) is 59.2 Å². The largest absolute Gasteiger partial charge is 0.503 e. The molecule has 2 aromatic heterocycles. The van der Waals surface area contributed by atoms with Crippen LogP contribution >= 0.6 is 22.7 Å². The lowest BCUT2D eigenvalue weighted by molar-refractivity contribution is -0.117. The summed E-state index contributed by atoms with van der Waals surface area (Å²) in [6, 6.07) is 11.8. The molecule has 7 nitrogen and oxygen atoms in total. The van der Waals surface area contributed by atoms with Gasteiger partial charge >= 0.3 is 0 Å². The maximum absolute atomic E-state index is 13.6. The molecule has 0 radical (unpaired) electrons. The number of hydrogen-bond donors (Lipinski definition) is 1. The number of fused-ring (bicyclic) bond motifs is 1. The quantitative estimate of drug-likeness (QED) is 0.334. The van der Waals surface area contributed by atoms with E-state index in [0.29, 0.717) is 27.1 Å². The van der Waals surface area contributed by atoms with Crippen LogP contribution < -0.4 is 14.4 Å². The normalized spacial score (nSPS) is 15.8. The number of hydrogen-bond acceptors (Lipinski definition) is 8. The van der Waals surface area contributed by atoms with Gasteiger partial charge in [-0.3, -0.25) is 14.5 Å². The number of anilines is 1. The van der Waals surface area contributed by atoms with E-state index < -0.39 is 23.5 Å². The molecular weight excluding hydrogens is 484 g/mol. The number of aromatic nitrogens is 1. The van der Waals surface area contributed by atoms with E-state index in [-0.39, 0.29) is 5.57 Å². The molecule has 4 aromatic rings.